The fraction of sp³-hybridized carbons (Fsp3) is 0.389. The molecule has 0 radical (unpaired) electrons. The molecule has 6 heteroatoms. The SMILES string of the molecule is COc1ccccc1C(C)(C)CNC(=O)CCNc1ncccn1. The number of anilines is 1. The monoisotopic (exact) mass is 328 g/mol. The van der Waals surface area contributed by atoms with Crippen LogP contribution in [-0.4, -0.2) is 36.1 Å². The number of carbonyl (C=O) groups excluding carboxylic acids is 1. The number of ether oxygens (including phenoxy) is 1. The summed E-state index contributed by atoms with van der Waals surface area (Å²) in [5, 5.41) is 6.00. The highest BCUT2D eigenvalue weighted by molar-refractivity contribution is 5.76. The second kappa shape index (κ2) is 8.29. The Hall–Kier alpha value is -2.63. The standard InChI is InChI=1S/C18H24N4O2/c1-18(2,14-7-4-5-8-15(14)24-3)13-22-16(23)9-12-21-17-19-10-6-11-20-17/h4-8,10-11H,9,12-13H2,1-3H3,(H,22,23)(H,19,20,21). The highest BCUT2D eigenvalue weighted by Crippen LogP contribution is 2.30. The lowest BCUT2D eigenvalue weighted by Gasteiger charge is -2.27. The molecule has 0 saturated carbocycles. The van der Waals surface area contributed by atoms with Crippen LogP contribution in [0.15, 0.2) is 42.7 Å². The van der Waals surface area contributed by atoms with Crippen LogP contribution in [0.5, 0.6) is 5.75 Å². The Kier molecular flexibility index (Phi) is 6.12. The van der Waals surface area contributed by atoms with Crippen molar-refractivity contribution < 1.29 is 9.53 Å². The zero-order valence-corrected chi connectivity index (χ0v) is 14.4. The number of hydrogen-bond donors (Lipinski definition) is 2. The summed E-state index contributed by atoms with van der Waals surface area (Å²) >= 11 is 0. The molecule has 1 heterocycles. The third-order valence-electron chi connectivity index (χ3n) is 3.76. The van der Waals surface area contributed by atoms with Crippen LogP contribution in [0.25, 0.3) is 0 Å². The second-order valence-corrected chi connectivity index (χ2v) is 6.11. The molecule has 0 unspecified atom stereocenters. The van der Waals surface area contributed by atoms with E-state index in [1.807, 2.05) is 24.3 Å². The first-order chi connectivity index (χ1) is 11.5. The lowest BCUT2D eigenvalue weighted by Crippen LogP contribution is -2.37. The molecule has 2 rings (SSSR count). The number of nitrogens with zero attached hydrogens (tertiary/aromatic N) is 2. The van der Waals surface area contributed by atoms with Crippen molar-refractivity contribution in [2.45, 2.75) is 25.7 Å². The van der Waals surface area contributed by atoms with E-state index in [1.165, 1.54) is 0 Å². The van der Waals surface area contributed by atoms with E-state index >= 15 is 0 Å². The molecule has 1 amide bonds. The maximum atomic E-state index is 12.0. The summed E-state index contributed by atoms with van der Waals surface area (Å²) in [6.45, 7) is 5.20. The van der Waals surface area contributed by atoms with Crippen molar-refractivity contribution in [3.8, 4) is 5.75 Å². The molecular formula is C18H24N4O2. The zero-order chi connectivity index (χ0) is 17.4. The highest BCUT2D eigenvalue weighted by Gasteiger charge is 2.24. The normalized spacial score (nSPS) is 11.0. The number of para-hydroxylation sites is 1. The quantitative estimate of drug-likeness (QED) is 0.778. The number of amides is 1. The Labute approximate surface area is 142 Å². The van der Waals surface area contributed by atoms with Crippen LogP contribution in [0.1, 0.15) is 25.8 Å². The molecular weight excluding hydrogens is 304 g/mol. The Morgan fingerprint density at radius 3 is 2.58 bits per heavy atom. The molecule has 0 atom stereocenters. The maximum Gasteiger partial charge on any atom is 0.222 e. The average Bonchev–Trinajstić information content (AvgIpc) is 2.61. The van der Waals surface area contributed by atoms with Crippen molar-refractivity contribution in [2.75, 3.05) is 25.5 Å². The van der Waals surface area contributed by atoms with Gasteiger partial charge in [0.2, 0.25) is 11.9 Å². The van der Waals surface area contributed by atoms with Crippen molar-refractivity contribution in [3.63, 3.8) is 0 Å². The van der Waals surface area contributed by atoms with Crippen molar-refractivity contribution in [1.29, 1.82) is 0 Å². The van der Waals surface area contributed by atoms with Gasteiger partial charge >= 0.3 is 0 Å². The molecule has 0 aliphatic rings. The predicted octanol–water partition coefficient (Wildman–Crippen LogP) is 2.38. The first-order valence-electron chi connectivity index (χ1n) is 7.94. The van der Waals surface area contributed by atoms with Gasteiger partial charge in [0, 0.05) is 42.9 Å². The Balaban J connectivity index is 1.82. The van der Waals surface area contributed by atoms with Gasteiger partial charge < -0.3 is 15.4 Å². The van der Waals surface area contributed by atoms with E-state index in [9.17, 15) is 4.79 Å². The second-order valence-electron chi connectivity index (χ2n) is 6.11. The maximum absolute atomic E-state index is 12.0. The fourth-order valence-electron chi connectivity index (χ4n) is 2.39. The van der Waals surface area contributed by atoms with Gasteiger partial charge in [-0.25, -0.2) is 9.97 Å². The smallest absolute Gasteiger partial charge is 0.222 e. The molecule has 24 heavy (non-hydrogen) atoms. The van der Waals surface area contributed by atoms with Crippen LogP contribution >= 0.6 is 0 Å². The van der Waals surface area contributed by atoms with Crippen LogP contribution < -0.4 is 15.4 Å². The molecule has 6 nitrogen and oxygen atoms in total. The van der Waals surface area contributed by atoms with E-state index < -0.39 is 0 Å². The van der Waals surface area contributed by atoms with Gasteiger partial charge in [0.05, 0.1) is 7.11 Å². The summed E-state index contributed by atoms with van der Waals surface area (Å²) in [7, 11) is 1.66. The average molecular weight is 328 g/mol. The fourth-order valence-corrected chi connectivity index (χ4v) is 2.39. The van der Waals surface area contributed by atoms with E-state index in [0.717, 1.165) is 11.3 Å². The topological polar surface area (TPSA) is 76.1 Å². The Bertz CT molecular complexity index is 659. The van der Waals surface area contributed by atoms with Crippen LogP contribution in [0.3, 0.4) is 0 Å². The van der Waals surface area contributed by atoms with Gasteiger partial charge in [0.1, 0.15) is 5.75 Å². The van der Waals surface area contributed by atoms with Crippen molar-refractivity contribution in [1.82, 2.24) is 15.3 Å². The predicted molar refractivity (Wildman–Crippen MR) is 94.2 cm³/mol. The molecule has 2 aromatic rings. The zero-order valence-electron chi connectivity index (χ0n) is 14.4. The van der Waals surface area contributed by atoms with Crippen LogP contribution in [0.4, 0.5) is 5.95 Å². The number of methoxy groups -OCH3 is 1. The van der Waals surface area contributed by atoms with Crippen molar-refractivity contribution >= 4 is 11.9 Å². The molecule has 1 aromatic heterocycles. The number of aromatic nitrogens is 2. The minimum atomic E-state index is -0.224. The summed E-state index contributed by atoms with van der Waals surface area (Å²) in [5.74, 6) is 1.35. The van der Waals surface area contributed by atoms with Gasteiger partial charge in [-0.05, 0) is 12.1 Å². The molecule has 128 valence electrons. The summed E-state index contributed by atoms with van der Waals surface area (Å²) in [5.41, 5.74) is 0.849. The number of benzene rings is 1. The van der Waals surface area contributed by atoms with Gasteiger partial charge in [0.15, 0.2) is 0 Å². The first-order valence-corrected chi connectivity index (χ1v) is 7.94. The highest BCUT2D eigenvalue weighted by atomic mass is 16.5. The lowest BCUT2D eigenvalue weighted by molar-refractivity contribution is -0.121. The minimum Gasteiger partial charge on any atom is -0.496 e. The van der Waals surface area contributed by atoms with E-state index in [1.54, 1.807) is 25.6 Å². The summed E-state index contributed by atoms with van der Waals surface area (Å²) < 4.78 is 5.42. The number of nitrogens with one attached hydrogen (secondary N) is 2. The van der Waals surface area contributed by atoms with E-state index in [-0.39, 0.29) is 11.3 Å². The van der Waals surface area contributed by atoms with Gasteiger partial charge in [-0.15, -0.1) is 0 Å². The van der Waals surface area contributed by atoms with E-state index in [0.29, 0.717) is 25.5 Å². The Morgan fingerprint density at radius 2 is 1.88 bits per heavy atom. The van der Waals surface area contributed by atoms with Gasteiger partial charge in [-0.3, -0.25) is 4.79 Å². The van der Waals surface area contributed by atoms with Crippen LogP contribution in [0, 0.1) is 0 Å². The molecule has 1 aromatic carbocycles. The molecule has 0 aliphatic carbocycles. The van der Waals surface area contributed by atoms with Crippen molar-refractivity contribution in [3.05, 3.63) is 48.3 Å². The molecule has 0 bridgehead atoms. The number of carbonyl (C=O) groups is 1. The Morgan fingerprint density at radius 1 is 1.17 bits per heavy atom. The van der Waals surface area contributed by atoms with Gasteiger partial charge in [0.25, 0.3) is 0 Å². The lowest BCUT2D eigenvalue weighted by atomic mass is 9.84. The van der Waals surface area contributed by atoms with Gasteiger partial charge in [-0.1, -0.05) is 32.0 Å². The first kappa shape index (κ1) is 17.7. The van der Waals surface area contributed by atoms with Gasteiger partial charge in [-0.2, -0.15) is 0 Å². The summed E-state index contributed by atoms with van der Waals surface area (Å²) in [6.07, 6.45) is 3.68. The third-order valence-corrected chi connectivity index (χ3v) is 3.76. The summed E-state index contributed by atoms with van der Waals surface area (Å²) in [6, 6.07) is 9.62. The number of rotatable bonds is 8. The van der Waals surface area contributed by atoms with Crippen molar-refractivity contribution in [2.24, 2.45) is 0 Å². The van der Waals surface area contributed by atoms with E-state index in [4.69, 9.17) is 4.74 Å². The molecule has 0 fully saturated rings. The minimum absolute atomic E-state index is 0.0126. The van der Waals surface area contributed by atoms with E-state index in [2.05, 4.69) is 34.4 Å². The molecule has 0 spiro atoms. The summed E-state index contributed by atoms with van der Waals surface area (Å²) in [4.78, 5) is 20.1. The largest absolute Gasteiger partial charge is 0.496 e. The third kappa shape index (κ3) is 4.94. The molecule has 0 aliphatic heterocycles. The van der Waals surface area contributed by atoms with Crippen LogP contribution in [0.2, 0.25) is 0 Å². The van der Waals surface area contributed by atoms with Crippen LogP contribution in [-0.2, 0) is 10.2 Å². The number of hydrogen-bond acceptors (Lipinski definition) is 5. The molecule has 2 N–H and O–H groups in total. The molecule has 0 saturated heterocycles.